The summed E-state index contributed by atoms with van der Waals surface area (Å²) < 4.78 is 27.5. The first-order valence-corrected chi connectivity index (χ1v) is 24.3. The predicted molar refractivity (Wildman–Crippen MR) is 262 cm³/mol. The van der Waals surface area contributed by atoms with Gasteiger partial charge in [0.15, 0.2) is 5.60 Å². The summed E-state index contributed by atoms with van der Waals surface area (Å²) in [5.41, 5.74) is 1.72. The van der Waals surface area contributed by atoms with Crippen LogP contribution in [0.1, 0.15) is 71.2 Å². The molecule has 8 rings (SSSR count). The van der Waals surface area contributed by atoms with Crippen molar-refractivity contribution in [1.82, 2.24) is 51.7 Å². The minimum atomic E-state index is -2.06. The van der Waals surface area contributed by atoms with Crippen LogP contribution in [0.25, 0.3) is 22.3 Å². The van der Waals surface area contributed by atoms with Crippen LogP contribution in [0.4, 0.5) is 4.39 Å². The van der Waals surface area contributed by atoms with Crippen molar-refractivity contribution in [3.8, 4) is 11.4 Å². The lowest BCUT2D eigenvalue weighted by Crippen LogP contribution is -2.52. The van der Waals surface area contributed by atoms with Gasteiger partial charge in [0.05, 0.1) is 54.7 Å². The molecule has 0 saturated heterocycles. The molecule has 76 heavy (non-hydrogen) atoms. The van der Waals surface area contributed by atoms with Gasteiger partial charge in [-0.2, -0.15) is 0 Å². The topological polar surface area (TPSA) is 332 Å². The molecule has 2 aromatic heterocycles. The number of hydrogen-bond acceptors (Lipinski definition) is 15. The van der Waals surface area contributed by atoms with Crippen molar-refractivity contribution in [2.75, 3.05) is 46.1 Å². The van der Waals surface area contributed by atoms with Gasteiger partial charge < -0.3 is 56.4 Å². The molecule has 398 valence electrons. The zero-order valence-electron chi connectivity index (χ0n) is 41.2. The van der Waals surface area contributed by atoms with Gasteiger partial charge >= 0.3 is 5.97 Å². The van der Waals surface area contributed by atoms with E-state index in [1.165, 1.54) is 10.6 Å². The molecule has 4 aliphatic rings. The molecular weight excluding hydrogens is 996 g/mol. The summed E-state index contributed by atoms with van der Waals surface area (Å²) in [6.07, 6.45) is 2.52. The minimum absolute atomic E-state index is 0.00539. The number of halogens is 1. The van der Waals surface area contributed by atoms with Crippen LogP contribution >= 0.6 is 0 Å². The lowest BCUT2D eigenvalue weighted by atomic mass is 9.81. The van der Waals surface area contributed by atoms with E-state index >= 15 is 4.39 Å². The van der Waals surface area contributed by atoms with Crippen molar-refractivity contribution in [3.05, 3.63) is 110 Å². The highest BCUT2D eigenvalue weighted by molar-refractivity contribution is 6.14. The van der Waals surface area contributed by atoms with E-state index in [0.717, 1.165) is 17.1 Å². The second-order valence-electron chi connectivity index (χ2n) is 18.3. The maximum absolute atomic E-state index is 15.4. The first-order chi connectivity index (χ1) is 36.4. The number of aliphatic hydroxyl groups is 1. The van der Waals surface area contributed by atoms with Gasteiger partial charge in [0.25, 0.3) is 17.4 Å². The van der Waals surface area contributed by atoms with Gasteiger partial charge in [0.2, 0.25) is 41.4 Å². The maximum atomic E-state index is 15.4. The summed E-state index contributed by atoms with van der Waals surface area (Å²) in [5.74, 6) is -7.42. The van der Waals surface area contributed by atoms with E-state index < -0.39 is 128 Å². The average Bonchev–Trinajstić information content (AvgIpc) is 3.95. The van der Waals surface area contributed by atoms with Crippen molar-refractivity contribution in [1.29, 1.82) is 0 Å². The summed E-state index contributed by atoms with van der Waals surface area (Å²) >= 11 is 0. The van der Waals surface area contributed by atoms with Crippen LogP contribution < -0.4 is 42.8 Å². The Kier molecular flexibility index (Phi) is 16.1. The van der Waals surface area contributed by atoms with Crippen molar-refractivity contribution in [2.24, 2.45) is 0 Å². The van der Waals surface area contributed by atoms with Gasteiger partial charge in [0, 0.05) is 54.1 Å². The van der Waals surface area contributed by atoms with Gasteiger partial charge in [-0.15, -0.1) is 0 Å². The van der Waals surface area contributed by atoms with Gasteiger partial charge in [-0.05, 0) is 54.5 Å². The second kappa shape index (κ2) is 22.8. The lowest BCUT2D eigenvalue weighted by molar-refractivity contribution is -0.172. The lowest BCUT2D eigenvalue weighted by Gasteiger charge is -2.31. The smallest absolute Gasteiger partial charge is 0.343 e. The zero-order valence-corrected chi connectivity index (χ0v) is 41.2. The quantitative estimate of drug-likeness (QED) is 0.0175. The van der Waals surface area contributed by atoms with Crippen LogP contribution in [0.5, 0.6) is 0 Å². The number of benzene rings is 2. The molecule has 1 aliphatic carbocycles. The number of cyclic esters (lactones) is 1. The van der Waals surface area contributed by atoms with E-state index in [4.69, 9.17) is 14.5 Å². The number of amides is 9. The Morgan fingerprint density at radius 3 is 2.29 bits per heavy atom. The molecule has 0 fully saturated rings. The van der Waals surface area contributed by atoms with Crippen LogP contribution in [0.15, 0.2) is 59.4 Å². The van der Waals surface area contributed by atoms with E-state index in [2.05, 4.69) is 37.2 Å². The average molecular weight is 1050 g/mol. The number of rotatable bonds is 21. The number of nitrogens with one attached hydrogen (secondary N) is 7. The number of hydrogen-bond donors (Lipinski definition) is 8. The van der Waals surface area contributed by atoms with Crippen LogP contribution in [0.2, 0.25) is 0 Å². The standard InChI is InChI=1S/C51H53FN10O14/c1-3-51(74)31-16-36-47-29(21-61(36)49(72)30(31)23-76-50(51)73)46-33(10-9-28-26(2)32(52)17-34(60-47)45(28)46)58-42(68)24-75-25-57-39(65)19-56-48(71)35(15-27-7-5-4-6-8-27)59-40(66)20-55-38(64)18-54-37(63)13-14-53-41(67)22-62-43(69)11-12-44(62)70/h4-8,11-12,16-17,33,35,74H,3,9-10,13-15,18-25H2,1-2H3,(H,53,67)(H,54,63)(H,55,64)(H,56,71)(H,57,65)(H,58,68)(H,59,66)/t33-,35-,51-/m0/s1. The fraction of sp³-hybridized carbons (Fsp3) is 0.373. The molecule has 0 bridgehead atoms. The number of ether oxygens (including phenoxy) is 2. The van der Waals surface area contributed by atoms with Crippen molar-refractivity contribution in [2.45, 2.75) is 76.8 Å². The Bertz CT molecular complexity index is 3180. The molecule has 3 atom stereocenters. The van der Waals surface area contributed by atoms with Crippen LogP contribution in [-0.2, 0) is 89.0 Å². The summed E-state index contributed by atoms with van der Waals surface area (Å²) in [5, 5.41) is 29.4. The molecule has 9 amide bonds. The number of esters is 1. The van der Waals surface area contributed by atoms with Crippen LogP contribution in [0.3, 0.4) is 0 Å². The Balaban J connectivity index is 0.805. The van der Waals surface area contributed by atoms with E-state index in [9.17, 15) is 57.8 Å². The largest absolute Gasteiger partial charge is 0.458 e. The number of aryl methyl sites for hydroxylation is 1. The number of carbonyl (C=O) groups is 10. The minimum Gasteiger partial charge on any atom is -0.458 e. The number of aromatic nitrogens is 2. The molecule has 4 aromatic rings. The van der Waals surface area contributed by atoms with E-state index in [1.54, 1.807) is 50.2 Å². The number of nitrogens with zero attached hydrogens (tertiary/aromatic N) is 3. The van der Waals surface area contributed by atoms with Gasteiger partial charge in [0.1, 0.15) is 38.3 Å². The van der Waals surface area contributed by atoms with E-state index in [-0.39, 0.29) is 50.1 Å². The number of carbonyl (C=O) groups excluding carboxylic acids is 10. The molecule has 2 aromatic carbocycles. The third-order valence-corrected chi connectivity index (χ3v) is 13.4. The Labute approximate surface area is 431 Å². The highest BCUT2D eigenvalue weighted by atomic mass is 19.1. The van der Waals surface area contributed by atoms with Crippen LogP contribution in [0, 0.1) is 12.7 Å². The highest BCUT2D eigenvalue weighted by Gasteiger charge is 2.46. The number of fused-ring (bicyclic) bond motifs is 5. The fourth-order valence-corrected chi connectivity index (χ4v) is 9.48. The molecule has 0 radical (unpaired) electrons. The number of imide groups is 1. The van der Waals surface area contributed by atoms with Crippen LogP contribution in [-0.4, -0.2) is 131 Å². The molecule has 0 spiro atoms. The third kappa shape index (κ3) is 11.5. The Hall–Kier alpha value is -8.71. The molecule has 24 nitrogen and oxygen atoms in total. The summed E-state index contributed by atoms with van der Waals surface area (Å²) in [6, 6.07) is 9.66. The fourth-order valence-electron chi connectivity index (χ4n) is 9.48. The van der Waals surface area contributed by atoms with Crippen molar-refractivity contribution in [3.63, 3.8) is 0 Å². The van der Waals surface area contributed by atoms with E-state index in [0.29, 0.717) is 62.9 Å². The molecule has 0 unspecified atom stereocenters. The summed E-state index contributed by atoms with van der Waals surface area (Å²) in [6.45, 7) is -0.294. The monoisotopic (exact) mass is 1050 g/mol. The number of pyridine rings is 2. The van der Waals surface area contributed by atoms with Gasteiger partial charge in [-0.1, -0.05) is 37.3 Å². The SMILES string of the molecule is CC[C@@]1(O)C(=O)OCc2c1cc1n(c2=O)Cc2c-1nc1cc(F)c(C)c3c1c2[C@@H](NC(=O)COCNC(=O)CNC(=O)[C@H](Cc1ccccc1)NC(=O)CNC(=O)CNC(=O)CCNC(=O)CN1C(=O)C=CC1=O)CC3. The van der Waals surface area contributed by atoms with Gasteiger partial charge in [-0.3, -0.25) is 52.8 Å². The Morgan fingerprint density at radius 2 is 1.55 bits per heavy atom. The zero-order chi connectivity index (χ0) is 54.4. The van der Waals surface area contributed by atoms with Crippen molar-refractivity contribution < 1.29 is 66.9 Å². The molecule has 3 aliphatic heterocycles. The normalized spacial score (nSPS) is 17.2. The molecule has 25 heteroatoms. The van der Waals surface area contributed by atoms with Gasteiger partial charge in [-0.25, -0.2) is 14.2 Å². The summed E-state index contributed by atoms with van der Waals surface area (Å²) in [4.78, 5) is 145. The van der Waals surface area contributed by atoms with Crippen molar-refractivity contribution >= 4 is 70.0 Å². The maximum Gasteiger partial charge on any atom is 0.343 e. The molecule has 8 N–H and O–H groups in total. The highest BCUT2D eigenvalue weighted by Crippen LogP contribution is 2.46. The molecule has 5 heterocycles. The van der Waals surface area contributed by atoms with E-state index in [1.807, 2.05) is 0 Å². The summed E-state index contributed by atoms with van der Waals surface area (Å²) in [7, 11) is 0. The Morgan fingerprint density at radius 1 is 0.855 bits per heavy atom. The first kappa shape index (κ1) is 53.6. The predicted octanol–water partition coefficient (Wildman–Crippen LogP) is -1.77. The molecule has 0 saturated carbocycles. The molecular formula is C51H53FN10O14. The third-order valence-electron chi connectivity index (χ3n) is 13.4. The first-order valence-electron chi connectivity index (χ1n) is 24.3. The second-order valence-corrected chi connectivity index (χ2v) is 18.3.